The van der Waals surface area contributed by atoms with Crippen molar-refractivity contribution in [1.82, 2.24) is 10.2 Å². The van der Waals surface area contributed by atoms with Crippen LogP contribution in [0, 0.1) is 0 Å². The number of carboxylic acid groups (broad SMARTS) is 1. The van der Waals surface area contributed by atoms with E-state index in [1.165, 1.54) is 0 Å². The first-order valence-corrected chi connectivity index (χ1v) is 8.40. The quantitative estimate of drug-likeness (QED) is 0.799. The molecule has 1 aliphatic heterocycles. The molecule has 0 spiro atoms. The largest absolute Gasteiger partial charge is 0.478 e. The zero-order chi connectivity index (χ0) is 17.5. The molecule has 0 saturated carbocycles. The molecule has 24 heavy (non-hydrogen) atoms. The fraction of sp³-hybridized carbons (Fsp3) is 0.500. The highest BCUT2D eigenvalue weighted by molar-refractivity contribution is 5.88. The van der Waals surface area contributed by atoms with E-state index < -0.39 is 5.97 Å². The lowest BCUT2D eigenvalue weighted by Crippen LogP contribution is -2.36. The lowest BCUT2D eigenvalue weighted by atomic mass is 9.97. The van der Waals surface area contributed by atoms with Gasteiger partial charge in [0.15, 0.2) is 0 Å². The van der Waals surface area contributed by atoms with Gasteiger partial charge in [-0.25, -0.2) is 4.79 Å². The predicted molar refractivity (Wildman–Crippen MR) is 89.7 cm³/mol. The molecule has 0 atom stereocenters. The average Bonchev–Trinajstić information content (AvgIpc) is 2.58. The summed E-state index contributed by atoms with van der Waals surface area (Å²) in [6.07, 6.45) is 2.87. The second kappa shape index (κ2) is 8.47. The number of fused-ring (bicyclic) bond motifs is 1. The number of hydrogen-bond donors (Lipinski definition) is 2. The van der Waals surface area contributed by atoms with Gasteiger partial charge in [-0.05, 0) is 42.5 Å². The topological polar surface area (TPSA) is 86.7 Å². The number of rotatable bonds is 7. The first-order chi connectivity index (χ1) is 11.5. The molecule has 1 heterocycles. The molecule has 0 fully saturated rings. The monoisotopic (exact) mass is 332 g/mol. The number of nitrogens with zero attached hydrogens (tertiary/aromatic N) is 1. The molecule has 0 bridgehead atoms. The molecule has 130 valence electrons. The van der Waals surface area contributed by atoms with Gasteiger partial charge in [0.2, 0.25) is 11.8 Å². The first-order valence-electron chi connectivity index (χ1n) is 8.40. The van der Waals surface area contributed by atoms with Crippen LogP contribution in [0.2, 0.25) is 0 Å². The van der Waals surface area contributed by atoms with E-state index in [-0.39, 0.29) is 17.4 Å². The maximum atomic E-state index is 12.3. The summed E-state index contributed by atoms with van der Waals surface area (Å²) >= 11 is 0. The van der Waals surface area contributed by atoms with Crippen molar-refractivity contribution in [3.8, 4) is 0 Å². The summed E-state index contributed by atoms with van der Waals surface area (Å²) in [5.41, 5.74) is 2.24. The Hall–Kier alpha value is -2.37. The highest BCUT2D eigenvalue weighted by Gasteiger charge is 2.21. The second-order valence-corrected chi connectivity index (χ2v) is 6.06. The van der Waals surface area contributed by atoms with Crippen molar-refractivity contribution < 1.29 is 19.5 Å². The van der Waals surface area contributed by atoms with Crippen LogP contribution in [0.4, 0.5) is 0 Å². The predicted octanol–water partition coefficient (Wildman–Crippen LogP) is 1.97. The number of benzene rings is 1. The highest BCUT2D eigenvalue weighted by atomic mass is 16.4. The van der Waals surface area contributed by atoms with Crippen molar-refractivity contribution in [2.75, 3.05) is 13.1 Å². The summed E-state index contributed by atoms with van der Waals surface area (Å²) < 4.78 is 0. The Balaban J connectivity index is 1.85. The van der Waals surface area contributed by atoms with Crippen molar-refractivity contribution in [3.05, 3.63) is 34.9 Å². The van der Waals surface area contributed by atoms with Gasteiger partial charge in [-0.1, -0.05) is 13.0 Å². The Bertz CT molecular complexity index is 627. The van der Waals surface area contributed by atoms with Gasteiger partial charge in [0.05, 0.1) is 5.56 Å². The van der Waals surface area contributed by atoms with Gasteiger partial charge in [-0.15, -0.1) is 0 Å². The number of hydrogen-bond acceptors (Lipinski definition) is 3. The molecule has 1 aromatic carbocycles. The van der Waals surface area contributed by atoms with Crippen LogP contribution < -0.4 is 5.32 Å². The molecule has 1 aliphatic rings. The molecule has 1 aromatic rings. The van der Waals surface area contributed by atoms with Gasteiger partial charge in [-0.2, -0.15) is 0 Å². The lowest BCUT2D eigenvalue weighted by Gasteiger charge is -2.29. The minimum Gasteiger partial charge on any atom is -0.478 e. The smallest absolute Gasteiger partial charge is 0.335 e. The van der Waals surface area contributed by atoms with Crippen LogP contribution in [-0.2, 0) is 22.6 Å². The first kappa shape index (κ1) is 18.0. The maximum absolute atomic E-state index is 12.3. The van der Waals surface area contributed by atoms with Crippen LogP contribution >= 0.6 is 0 Å². The zero-order valence-corrected chi connectivity index (χ0v) is 14.0. The van der Waals surface area contributed by atoms with Crippen molar-refractivity contribution in [2.24, 2.45) is 0 Å². The van der Waals surface area contributed by atoms with Crippen LogP contribution in [0.3, 0.4) is 0 Å². The van der Waals surface area contributed by atoms with E-state index in [1.54, 1.807) is 17.0 Å². The van der Waals surface area contributed by atoms with E-state index >= 15 is 0 Å². The lowest BCUT2D eigenvalue weighted by molar-refractivity contribution is -0.132. The van der Waals surface area contributed by atoms with Gasteiger partial charge in [0, 0.05) is 32.5 Å². The van der Waals surface area contributed by atoms with Crippen molar-refractivity contribution in [1.29, 1.82) is 0 Å². The molecule has 0 saturated heterocycles. The Morgan fingerprint density at radius 2 is 2.00 bits per heavy atom. The minimum atomic E-state index is -0.959. The summed E-state index contributed by atoms with van der Waals surface area (Å²) in [6.45, 7) is 3.74. The molecule has 0 unspecified atom stereocenters. The highest BCUT2D eigenvalue weighted by Crippen LogP contribution is 2.21. The van der Waals surface area contributed by atoms with Gasteiger partial charge in [0.1, 0.15) is 0 Å². The molecule has 0 radical (unpaired) electrons. The van der Waals surface area contributed by atoms with Gasteiger partial charge in [0.25, 0.3) is 0 Å². The normalized spacial score (nSPS) is 13.3. The van der Waals surface area contributed by atoms with Crippen LogP contribution in [0.1, 0.15) is 54.1 Å². The van der Waals surface area contributed by atoms with E-state index in [9.17, 15) is 14.4 Å². The molecule has 2 amide bonds. The maximum Gasteiger partial charge on any atom is 0.335 e. The van der Waals surface area contributed by atoms with Crippen molar-refractivity contribution >= 4 is 17.8 Å². The molecule has 6 heteroatoms. The summed E-state index contributed by atoms with van der Waals surface area (Å²) in [7, 11) is 0. The average molecular weight is 332 g/mol. The second-order valence-electron chi connectivity index (χ2n) is 6.06. The van der Waals surface area contributed by atoms with E-state index in [4.69, 9.17) is 5.11 Å². The van der Waals surface area contributed by atoms with Crippen LogP contribution in [0.15, 0.2) is 18.2 Å². The number of aromatic carboxylic acids is 1. The number of carbonyl (C=O) groups is 3. The van der Waals surface area contributed by atoms with E-state index in [2.05, 4.69) is 5.32 Å². The SMILES string of the molecule is CCCNC(=O)CCCC(=O)N1CCc2ccc(C(=O)O)cc2C1. The van der Waals surface area contributed by atoms with E-state index in [0.29, 0.717) is 38.9 Å². The molecule has 2 rings (SSSR count). The number of carbonyl (C=O) groups excluding carboxylic acids is 2. The fourth-order valence-electron chi connectivity index (χ4n) is 2.81. The Kier molecular flexibility index (Phi) is 6.35. The van der Waals surface area contributed by atoms with Crippen molar-refractivity contribution in [3.63, 3.8) is 0 Å². The van der Waals surface area contributed by atoms with Gasteiger partial charge < -0.3 is 15.3 Å². The standard InChI is InChI=1S/C18H24N2O4/c1-2-9-19-16(21)4-3-5-17(22)20-10-8-13-6-7-14(18(23)24)11-15(13)12-20/h6-7,11H,2-5,8-10,12H2,1H3,(H,19,21)(H,23,24). The van der Waals surface area contributed by atoms with E-state index in [1.807, 2.05) is 13.0 Å². The third-order valence-corrected chi connectivity index (χ3v) is 4.18. The molecule has 6 nitrogen and oxygen atoms in total. The zero-order valence-electron chi connectivity index (χ0n) is 14.0. The Morgan fingerprint density at radius 3 is 2.71 bits per heavy atom. The van der Waals surface area contributed by atoms with Crippen LogP contribution in [0.25, 0.3) is 0 Å². The van der Waals surface area contributed by atoms with Gasteiger partial charge >= 0.3 is 5.97 Å². The summed E-state index contributed by atoms with van der Waals surface area (Å²) in [5.74, 6) is -0.955. The Labute approximate surface area is 141 Å². The fourth-order valence-corrected chi connectivity index (χ4v) is 2.81. The Morgan fingerprint density at radius 1 is 1.21 bits per heavy atom. The summed E-state index contributed by atoms with van der Waals surface area (Å²) in [5, 5.41) is 11.9. The molecule has 0 aliphatic carbocycles. The van der Waals surface area contributed by atoms with E-state index in [0.717, 1.165) is 24.0 Å². The molecule has 0 aromatic heterocycles. The summed E-state index contributed by atoms with van der Waals surface area (Å²) in [4.78, 5) is 36.6. The van der Waals surface area contributed by atoms with Crippen LogP contribution in [-0.4, -0.2) is 40.9 Å². The summed E-state index contributed by atoms with van der Waals surface area (Å²) in [6, 6.07) is 5.08. The number of nitrogens with one attached hydrogen (secondary N) is 1. The van der Waals surface area contributed by atoms with Crippen LogP contribution in [0.5, 0.6) is 0 Å². The molecular formula is C18H24N2O4. The third kappa shape index (κ3) is 4.81. The third-order valence-electron chi connectivity index (χ3n) is 4.18. The molecular weight excluding hydrogens is 308 g/mol. The number of amides is 2. The molecule has 2 N–H and O–H groups in total. The van der Waals surface area contributed by atoms with Gasteiger partial charge in [-0.3, -0.25) is 9.59 Å². The van der Waals surface area contributed by atoms with Crippen molar-refractivity contribution in [2.45, 2.75) is 45.6 Å². The number of carboxylic acids is 1. The minimum absolute atomic E-state index is 0.0141.